The smallest absolute Gasteiger partial charge is 0.119 e. The SMILES string of the molecule is Cc1ccc(OCC(C)NCc2ccc(Br)c(Cl)c2)cc1. The van der Waals surface area contributed by atoms with Crippen LogP contribution in [0.25, 0.3) is 0 Å². The van der Waals surface area contributed by atoms with E-state index in [0.717, 1.165) is 27.4 Å². The minimum Gasteiger partial charge on any atom is -0.492 e. The predicted octanol–water partition coefficient (Wildman–Crippen LogP) is 4.97. The lowest BCUT2D eigenvalue weighted by Gasteiger charge is -2.15. The molecule has 0 amide bonds. The largest absolute Gasteiger partial charge is 0.492 e. The van der Waals surface area contributed by atoms with E-state index < -0.39 is 0 Å². The molecule has 4 heteroatoms. The quantitative estimate of drug-likeness (QED) is 0.777. The first-order valence-electron chi connectivity index (χ1n) is 6.91. The minimum absolute atomic E-state index is 0.258. The van der Waals surface area contributed by atoms with Gasteiger partial charge in [0, 0.05) is 17.1 Å². The minimum atomic E-state index is 0.258. The normalized spacial score (nSPS) is 12.2. The lowest BCUT2D eigenvalue weighted by Crippen LogP contribution is -2.31. The van der Waals surface area contributed by atoms with Gasteiger partial charge in [0.2, 0.25) is 0 Å². The maximum atomic E-state index is 6.08. The van der Waals surface area contributed by atoms with Gasteiger partial charge in [0.1, 0.15) is 12.4 Å². The van der Waals surface area contributed by atoms with Crippen LogP contribution >= 0.6 is 27.5 Å². The van der Waals surface area contributed by atoms with E-state index in [1.54, 1.807) is 0 Å². The van der Waals surface area contributed by atoms with Crippen LogP contribution in [0.1, 0.15) is 18.1 Å². The topological polar surface area (TPSA) is 21.3 Å². The molecule has 1 unspecified atom stereocenters. The van der Waals surface area contributed by atoms with Crippen molar-refractivity contribution in [2.45, 2.75) is 26.4 Å². The Morgan fingerprint density at radius 2 is 1.90 bits per heavy atom. The van der Waals surface area contributed by atoms with Gasteiger partial charge in [-0.15, -0.1) is 0 Å². The molecule has 0 aliphatic rings. The van der Waals surface area contributed by atoms with Gasteiger partial charge in [0.25, 0.3) is 0 Å². The average molecular weight is 369 g/mol. The van der Waals surface area contributed by atoms with Crippen molar-refractivity contribution in [3.63, 3.8) is 0 Å². The van der Waals surface area contributed by atoms with E-state index in [1.165, 1.54) is 5.56 Å². The van der Waals surface area contributed by atoms with Gasteiger partial charge in [0.05, 0.1) is 5.02 Å². The summed E-state index contributed by atoms with van der Waals surface area (Å²) in [6.07, 6.45) is 0. The molecule has 0 spiro atoms. The van der Waals surface area contributed by atoms with Gasteiger partial charge >= 0.3 is 0 Å². The highest BCUT2D eigenvalue weighted by atomic mass is 79.9. The van der Waals surface area contributed by atoms with Crippen molar-refractivity contribution in [3.8, 4) is 5.75 Å². The molecule has 2 aromatic carbocycles. The summed E-state index contributed by atoms with van der Waals surface area (Å²) in [5, 5.41) is 4.16. The van der Waals surface area contributed by atoms with Gasteiger partial charge in [-0.1, -0.05) is 35.4 Å². The number of rotatable bonds is 6. The van der Waals surface area contributed by atoms with E-state index >= 15 is 0 Å². The third-order valence-corrected chi connectivity index (χ3v) is 4.39. The zero-order valence-corrected chi connectivity index (χ0v) is 14.5. The summed E-state index contributed by atoms with van der Waals surface area (Å²) in [6, 6.07) is 14.3. The molecular weight excluding hydrogens is 350 g/mol. The van der Waals surface area contributed by atoms with Crippen LogP contribution in [0.2, 0.25) is 5.02 Å². The number of hydrogen-bond acceptors (Lipinski definition) is 2. The van der Waals surface area contributed by atoms with Crippen molar-refractivity contribution < 1.29 is 4.74 Å². The van der Waals surface area contributed by atoms with Crippen LogP contribution in [0.15, 0.2) is 46.9 Å². The number of ether oxygens (including phenoxy) is 1. The highest BCUT2D eigenvalue weighted by Gasteiger charge is 2.04. The highest BCUT2D eigenvalue weighted by molar-refractivity contribution is 9.10. The molecule has 0 aliphatic carbocycles. The average Bonchev–Trinajstić information content (AvgIpc) is 2.48. The van der Waals surface area contributed by atoms with E-state index in [-0.39, 0.29) is 6.04 Å². The molecule has 112 valence electrons. The number of hydrogen-bond donors (Lipinski definition) is 1. The summed E-state index contributed by atoms with van der Waals surface area (Å²) in [5.41, 5.74) is 2.39. The molecule has 0 aromatic heterocycles. The summed E-state index contributed by atoms with van der Waals surface area (Å²) in [5.74, 6) is 0.904. The van der Waals surface area contributed by atoms with E-state index in [4.69, 9.17) is 16.3 Å². The van der Waals surface area contributed by atoms with Crippen LogP contribution in [0.4, 0.5) is 0 Å². The third-order valence-electron chi connectivity index (χ3n) is 3.16. The Bertz CT molecular complexity index is 586. The Morgan fingerprint density at radius 1 is 1.19 bits per heavy atom. The van der Waals surface area contributed by atoms with E-state index in [2.05, 4.69) is 53.3 Å². The lowest BCUT2D eigenvalue weighted by atomic mass is 10.2. The fourth-order valence-electron chi connectivity index (χ4n) is 1.86. The van der Waals surface area contributed by atoms with Gasteiger partial charge < -0.3 is 10.1 Å². The van der Waals surface area contributed by atoms with Crippen molar-refractivity contribution in [1.29, 1.82) is 0 Å². The Morgan fingerprint density at radius 3 is 2.57 bits per heavy atom. The second kappa shape index (κ2) is 7.83. The molecule has 1 N–H and O–H groups in total. The summed E-state index contributed by atoms with van der Waals surface area (Å²) >= 11 is 9.48. The molecule has 1 atom stereocenters. The molecule has 0 bridgehead atoms. The molecule has 21 heavy (non-hydrogen) atoms. The van der Waals surface area contributed by atoms with Gasteiger partial charge in [-0.3, -0.25) is 0 Å². The molecule has 0 fully saturated rings. The van der Waals surface area contributed by atoms with Crippen LogP contribution < -0.4 is 10.1 Å². The van der Waals surface area contributed by atoms with E-state index in [0.29, 0.717) is 6.61 Å². The van der Waals surface area contributed by atoms with Gasteiger partial charge in [-0.25, -0.2) is 0 Å². The van der Waals surface area contributed by atoms with Crippen LogP contribution in [-0.4, -0.2) is 12.6 Å². The fraction of sp³-hybridized carbons (Fsp3) is 0.294. The van der Waals surface area contributed by atoms with Crippen molar-refractivity contribution in [1.82, 2.24) is 5.32 Å². The zero-order valence-electron chi connectivity index (χ0n) is 12.2. The second-order valence-corrected chi connectivity index (χ2v) is 6.42. The first-order valence-corrected chi connectivity index (χ1v) is 8.08. The molecule has 2 aromatic rings. The summed E-state index contributed by atoms with van der Waals surface area (Å²) in [4.78, 5) is 0. The zero-order chi connectivity index (χ0) is 15.2. The summed E-state index contributed by atoms with van der Waals surface area (Å²) in [7, 11) is 0. The first-order chi connectivity index (χ1) is 10.0. The molecular formula is C17H19BrClNO. The van der Waals surface area contributed by atoms with Crippen LogP contribution in [0.5, 0.6) is 5.75 Å². The molecule has 0 saturated heterocycles. The monoisotopic (exact) mass is 367 g/mol. The molecule has 0 radical (unpaired) electrons. The number of nitrogens with one attached hydrogen (secondary N) is 1. The Balaban J connectivity index is 1.77. The fourth-order valence-corrected chi connectivity index (χ4v) is 2.31. The Kier molecular flexibility index (Phi) is 6.09. The second-order valence-electron chi connectivity index (χ2n) is 5.15. The van der Waals surface area contributed by atoms with Crippen molar-refractivity contribution in [2.75, 3.05) is 6.61 Å². The first kappa shape index (κ1) is 16.3. The van der Waals surface area contributed by atoms with Gasteiger partial charge in [0.15, 0.2) is 0 Å². The third kappa shape index (κ3) is 5.34. The number of aryl methyl sites for hydroxylation is 1. The van der Waals surface area contributed by atoms with Gasteiger partial charge in [-0.2, -0.15) is 0 Å². The molecule has 0 aliphatic heterocycles. The Hall–Kier alpha value is -1.03. The number of benzene rings is 2. The van der Waals surface area contributed by atoms with E-state index in [9.17, 15) is 0 Å². The highest BCUT2D eigenvalue weighted by Crippen LogP contribution is 2.23. The maximum absolute atomic E-state index is 6.08. The molecule has 0 heterocycles. The Labute approximate surface area is 139 Å². The standard InChI is InChI=1S/C17H19BrClNO/c1-12-3-6-15(7-4-12)21-11-13(2)20-10-14-5-8-16(18)17(19)9-14/h3-9,13,20H,10-11H2,1-2H3. The van der Waals surface area contributed by atoms with Gasteiger partial charge in [-0.05, 0) is 59.6 Å². The predicted molar refractivity (Wildman–Crippen MR) is 92.1 cm³/mol. The lowest BCUT2D eigenvalue weighted by molar-refractivity contribution is 0.272. The van der Waals surface area contributed by atoms with Crippen molar-refractivity contribution in [3.05, 3.63) is 63.1 Å². The van der Waals surface area contributed by atoms with Crippen LogP contribution in [0, 0.1) is 6.92 Å². The molecule has 2 rings (SSSR count). The van der Waals surface area contributed by atoms with Crippen LogP contribution in [0.3, 0.4) is 0 Å². The van der Waals surface area contributed by atoms with Crippen molar-refractivity contribution in [2.24, 2.45) is 0 Å². The summed E-state index contributed by atoms with van der Waals surface area (Å²) in [6.45, 7) is 5.57. The number of halogens is 2. The maximum Gasteiger partial charge on any atom is 0.119 e. The van der Waals surface area contributed by atoms with E-state index in [1.807, 2.05) is 24.3 Å². The molecule has 2 nitrogen and oxygen atoms in total. The molecule has 0 saturated carbocycles. The van der Waals surface area contributed by atoms with Crippen LogP contribution in [-0.2, 0) is 6.54 Å². The van der Waals surface area contributed by atoms with Crippen molar-refractivity contribution >= 4 is 27.5 Å². The summed E-state index contributed by atoms with van der Waals surface area (Å²) < 4.78 is 6.68.